The molecule has 0 bridgehead atoms. The zero-order chi connectivity index (χ0) is 9.68. The predicted octanol–water partition coefficient (Wildman–Crippen LogP) is -2.44. The van der Waals surface area contributed by atoms with Gasteiger partial charge in [-0.15, -0.1) is 0 Å². The topological polar surface area (TPSA) is 64.8 Å². The first kappa shape index (κ1) is 10.5. The molecule has 0 aromatic carbocycles. The maximum Gasteiger partial charge on any atom is 0.0796 e. The molecule has 0 spiro atoms. The minimum atomic E-state index is -0.962. The van der Waals surface area contributed by atoms with Crippen LogP contribution in [-0.4, -0.2) is 36.8 Å². The molecule has 0 aromatic heterocycles. The Morgan fingerprint density at radius 2 is 2.08 bits per heavy atom. The maximum absolute atomic E-state index is 10.1. The molecule has 1 rings (SSSR count). The van der Waals surface area contributed by atoms with Gasteiger partial charge in [0.25, 0.3) is 0 Å². The van der Waals surface area contributed by atoms with Crippen LogP contribution in [0.3, 0.4) is 0 Å². The lowest BCUT2D eigenvalue weighted by Crippen LogP contribution is -3.13. The number of likely N-dealkylation sites (tertiary alicyclic amines) is 1. The van der Waals surface area contributed by atoms with E-state index < -0.39 is 5.97 Å². The molecule has 0 saturated carbocycles. The van der Waals surface area contributed by atoms with E-state index in [0.717, 1.165) is 32.5 Å². The Balaban J connectivity index is 2.05. The first-order chi connectivity index (χ1) is 6.18. The van der Waals surface area contributed by atoms with Gasteiger partial charge in [-0.05, 0) is 6.42 Å². The van der Waals surface area contributed by atoms with Crippen molar-refractivity contribution in [3.05, 3.63) is 0 Å². The van der Waals surface area contributed by atoms with E-state index in [9.17, 15) is 15.0 Å². The zero-order valence-corrected chi connectivity index (χ0v) is 7.79. The van der Waals surface area contributed by atoms with Crippen LogP contribution in [0.4, 0.5) is 0 Å². The Morgan fingerprint density at radius 3 is 2.62 bits per heavy atom. The second-order valence-corrected chi connectivity index (χ2v) is 3.71. The summed E-state index contributed by atoms with van der Waals surface area (Å²) in [6.45, 7) is 2.82. The number of hydrogen-bond acceptors (Lipinski definition) is 3. The summed E-state index contributed by atoms with van der Waals surface area (Å²) in [4.78, 5) is 11.5. The van der Waals surface area contributed by atoms with Gasteiger partial charge in [0.1, 0.15) is 0 Å². The molecule has 0 aromatic rings. The van der Waals surface area contributed by atoms with Crippen molar-refractivity contribution < 1.29 is 19.9 Å². The maximum atomic E-state index is 10.1. The summed E-state index contributed by atoms with van der Waals surface area (Å²) in [5, 5.41) is 19.4. The number of hydrogen-bond donors (Lipinski definition) is 2. The molecule has 1 heterocycles. The predicted molar refractivity (Wildman–Crippen MR) is 45.0 cm³/mol. The Morgan fingerprint density at radius 1 is 1.46 bits per heavy atom. The van der Waals surface area contributed by atoms with Crippen molar-refractivity contribution in [3.63, 3.8) is 0 Å². The minimum Gasteiger partial charge on any atom is -0.550 e. The van der Waals surface area contributed by atoms with Crippen molar-refractivity contribution in [1.29, 1.82) is 0 Å². The quantitative estimate of drug-likeness (QED) is 0.514. The van der Waals surface area contributed by atoms with Gasteiger partial charge in [-0.25, -0.2) is 0 Å². The average Bonchev–Trinajstić information content (AvgIpc) is 2.08. The van der Waals surface area contributed by atoms with Crippen LogP contribution in [0, 0.1) is 0 Å². The number of carbonyl (C=O) groups is 1. The fraction of sp³-hybridized carbons (Fsp3) is 0.889. The van der Waals surface area contributed by atoms with Crippen molar-refractivity contribution in [2.24, 2.45) is 0 Å². The summed E-state index contributed by atoms with van der Waals surface area (Å²) in [7, 11) is 0. The highest BCUT2D eigenvalue weighted by Crippen LogP contribution is 1.97. The van der Waals surface area contributed by atoms with Crippen LogP contribution in [0.2, 0.25) is 0 Å². The van der Waals surface area contributed by atoms with E-state index in [2.05, 4.69) is 0 Å². The monoisotopic (exact) mass is 187 g/mol. The number of carbonyl (C=O) groups excluding carboxylic acids is 1. The fourth-order valence-electron chi connectivity index (χ4n) is 1.74. The van der Waals surface area contributed by atoms with E-state index in [1.807, 2.05) is 0 Å². The summed E-state index contributed by atoms with van der Waals surface area (Å²) < 4.78 is 0. The van der Waals surface area contributed by atoms with E-state index in [0.29, 0.717) is 6.42 Å². The SMILES string of the molecule is O=C([O-])CCC[NH+]1CCC(O)CC1. The molecule has 4 nitrogen and oxygen atoms in total. The van der Waals surface area contributed by atoms with Crippen LogP contribution in [-0.2, 0) is 4.79 Å². The number of aliphatic hydroxyl groups is 1. The second kappa shape index (κ2) is 5.19. The normalized spacial score (nSPS) is 28.7. The smallest absolute Gasteiger partial charge is 0.0796 e. The second-order valence-electron chi connectivity index (χ2n) is 3.71. The van der Waals surface area contributed by atoms with E-state index >= 15 is 0 Å². The molecule has 1 aliphatic heterocycles. The lowest BCUT2D eigenvalue weighted by molar-refractivity contribution is -0.906. The van der Waals surface area contributed by atoms with Gasteiger partial charge < -0.3 is 19.9 Å². The van der Waals surface area contributed by atoms with Crippen molar-refractivity contribution in [2.75, 3.05) is 19.6 Å². The van der Waals surface area contributed by atoms with Crippen LogP contribution in [0.5, 0.6) is 0 Å². The van der Waals surface area contributed by atoms with Crippen molar-refractivity contribution in [3.8, 4) is 0 Å². The molecule has 1 fully saturated rings. The summed E-state index contributed by atoms with van der Waals surface area (Å²) >= 11 is 0. The third kappa shape index (κ3) is 4.24. The van der Waals surface area contributed by atoms with Crippen molar-refractivity contribution >= 4 is 5.97 Å². The molecule has 13 heavy (non-hydrogen) atoms. The molecule has 0 aliphatic carbocycles. The molecule has 0 atom stereocenters. The van der Waals surface area contributed by atoms with Gasteiger partial charge in [-0.3, -0.25) is 0 Å². The number of carboxylic acid groups (broad SMARTS) is 1. The lowest BCUT2D eigenvalue weighted by Gasteiger charge is -2.26. The Labute approximate surface area is 78.2 Å². The highest BCUT2D eigenvalue weighted by molar-refractivity contribution is 5.64. The van der Waals surface area contributed by atoms with Crippen molar-refractivity contribution in [1.82, 2.24) is 0 Å². The lowest BCUT2D eigenvalue weighted by atomic mass is 10.1. The van der Waals surface area contributed by atoms with Crippen LogP contribution in [0.15, 0.2) is 0 Å². The molecule has 4 heteroatoms. The number of carboxylic acids is 1. The molecule has 1 saturated heterocycles. The third-order valence-electron chi connectivity index (χ3n) is 2.57. The zero-order valence-electron chi connectivity index (χ0n) is 7.79. The van der Waals surface area contributed by atoms with Crippen LogP contribution < -0.4 is 10.0 Å². The number of aliphatic carboxylic acids is 1. The Hall–Kier alpha value is -0.610. The molecule has 2 N–H and O–H groups in total. The number of quaternary nitrogens is 1. The summed E-state index contributed by atoms with van der Waals surface area (Å²) in [5.41, 5.74) is 0. The number of rotatable bonds is 4. The number of piperidine rings is 1. The summed E-state index contributed by atoms with van der Waals surface area (Å²) in [6, 6.07) is 0. The highest BCUT2D eigenvalue weighted by Gasteiger charge is 2.19. The molecule has 0 unspecified atom stereocenters. The van der Waals surface area contributed by atoms with Gasteiger partial charge in [0.05, 0.1) is 25.7 Å². The molecule has 76 valence electrons. The van der Waals surface area contributed by atoms with Crippen molar-refractivity contribution in [2.45, 2.75) is 31.8 Å². The van der Waals surface area contributed by atoms with E-state index in [-0.39, 0.29) is 12.5 Å². The summed E-state index contributed by atoms with van der Waals surface area (Å²) in [5.74, 6) is -0.962. The fourth-order valence-corrected chi connectivity index (χ4v) is 1.74. The highest BCUT2D eigenvalue weighted by atomic mass is 16.4. The van der Waals surface area contributed by atoms with Crippen LogP contribution in [0.25, 0.3) is 0 Å². The van der Waals surface area contributed by atoms with Crippen LogP contribution >= 0.6 is 0 Å². The van der Waals surface area contributed by atoms with Gasteiger partial charge in [-0.1, -0.05) is 0 Å². The molecular formula is C9H17NO3. The van der Waals surface area contributed by atoms with Gasteiger partial charge in [0, 0.05) is 25.2 Å². The van der Waals surface area contributed by atoms with E-state index in [1.165, 1.54) is 4.90 Å². The van der Waals surface area contributed by atoms with E-state index in [1.54, 1.807) is 0 Å². The Kier molecular flexibility index (Phi) is 4.18. The van der Waals surface area contributed by atoms with Crippen LogP contribution in [0.1, 0.15) is 25.7 Å². The average molecular weight is 187 g/mol. The molecule has 0 amide bonds. The van der Waals surface area contributed by atoms with Gasteiger partial charge >= 0.3 is 0 Å². The first-order valence-corrected chi connectivity index (χ1v) is 4.90. The van der Waals surface area contributed by atoms with Gasteiger partial charge in [-0.2, -0.15) is 0 Å². The number of nitrogens with one attached hydrogen (secondary N) is 1. The summed E-state index contributed by atoms with van der Waals surface area (Å²) in [6.07, 6.45) is 2.41. The first-order valence-electron chi connectivity index (χ1n) is 4.90. The van der Waals surface area contributed by atoms with E-state index in [4.69, 9.17) is 0 Å². The largest absolute Gasteiger partial charge is 0.550 e. The number of aliphatic hydroxyl groups excluding tert-OH is 1. The Bertz CT molecular complexity index is 164. The van der Waals surface area contributed by atoms with Gasteiger partial charge in [0.2, 0.25) is 0 Å². The minimum absolute atomic E-state index is 0.134. The molecule has 1 aliphatic rings. The standard InChI is InChI=1S/C9H17NO3/c11-8-3-6-10(7-4-8)5-1-2-9(12)13/h8,11H,1-7H2,(H,12,13). The molecule has 0 radical (unpaired) electrons. The van der Waals surface area contributed by atoms with Gasteiger partial charge in [0.15, 0.2) is 0 Å². The molecular weight excluding hydrogens is 170 g/mol. The third-order valence-corrected chi connectivity index (χ3v) is 2.57.